The van der Waals surface area contributed by atoms with E-state index in [0.29, 0.717) is 11.0 Å². The van der Waals surface area contributed by atoms with Gasteiger partial charge < -0.3 is 10.1 Å². The molecule has 0 unspecified atom stereocenters. The summed E-state index contributed by atoms with van der Waals surface area (Å²) in [7, 11) is 0. The van der Waals surface area contributed by atoms with E-state index in [-0.39, 0.29) is 12.1 Å². The maximum absolute atomic E-state index is 11.6. The predicted octanol–water partition coefficient (Wildman–Crippen LogP) is 1.17. The lowest BCUT2D eigenvalue weighted by Gasteiger charge is -2.04. The van der Waals surface area contributed by atoms with Gasteiger partial charge in [-0.1, -0.05) is 0 Å². The zero-order valence-corrected chi connectivity index (χ0v) is 9.57. The van der Waals surface area contributed by atoms with E-state index in [1.807, 2.05) is 26.0 Å². The fourth-order valence-electron chi connectivity index (χ4n) is 1.65. The van der Waals surface area contributed by atoms with Crippen molar-refractivity contribution in [3.05, 3.63) is 39.3 Å². The Labute approximate surface area is 97.1 Å². The van der Waals surface area contributed by atoms with Crippen molar-refractivity contribution >= 4 is 17.0 Å². The van der Waals surface area contributed by atoms with Crippen LogP contribution in [-0.4, -0.2) is 21.0 Å². The Bertz CT molecular complexity index is 659. The first-order valence-electron chi connectivity index (χ1n) is 5.19. The molecule has 1 heterocycles. The molecule has 0 bridgehead atoms. The van der Waals surface area contributed by atoms with Gasteiger partial charge in [-0.15, -0.1) is 0 Å². The molecule has 0 aliphatic carbocycles. The average molecular weight is 232 g/mol. The predicted molar refractivity (Wildman–Crippen MR) is 63.2 cm³/mol. The lowest BCUT2D eigenvalue weighted by Crippen LogP contribution is -2.18. The normalized spacial score (nSPS) is 10.7. The van der Waals surface area contributed by atoms with Crippen LogP contribution in [0.4, 0.5) is 0 Å². The Hall–Kier alpha value is -2.17. The van der Waals surface area contributed by atoms with E-state index in [2.05, 4.69) is 9.97 Å². The molecule has 0 saturated carbocycles. The Morgan fingerprint density at radius 3 is 2.65 bits per heavy atom. The largest absolute Gasteiger partial charge is 0.481 e. The molecule has 0 atom stereocenters. The average Bonchev–Trinajstić information content (AvgIpc) is 2.22. The standard InChI is InChI=1S/C12H12N2O3/c1-6-3-8-9(4-7(6)2)14-12(17)10(13-8)5-11(15)16/h3-4H,5H2,1-2H3,(H,14,17)(H,15,16). The minimum Gasteiger partial charge on any atom is -0.481 e. The minimum absolute atomic E-state index is 0.0354. The Balaban J connectivity index is 2.67. The molecule has 0 fully saturated rings. The molecule has 0 spiro atoms. The SMILES string of the molecule is Cc1cc2nc(CC(=O)O)c(=O)[nH]c2cc1C. The molecule has 88 valence electrons. The van der Waals surface area contributed by atoms with Crippen LogP contribution in [0.1, 0.15) is 16.8 Å². The number of nitrogens with zero attached hydrogens (tertiary/aromatic N) is 1. The maximum atomic E-state index is 11.6. The van der Waals surface area contributed by atoms with E-state index in [1.54, 1.807) is 0 Å². The summed E-state index contributed by atoms with van der Waals surface area (Å²) in [6.45, 7) is 3.89. The highest BCUT2D eigenvalue weighted by molar-refractivity contribution is 5.77. The Kier molecular flexibility index (Phi) is 2.67. The number of carbonyl (C=O) groups is 1. The topological polar surface area (TPSA) is 83.0 Å². The molecule has 1 aromatic carbocycles. The van der Waals surface area contributed by atoms with Gasteiger partial charge in [-0.3, -0.25) is 9.59 Å². The number of aromatic nitrogens is 2. The first-order chi connectivity index (χ1) is 7.97. The lowest BCUT2D eigenvalue weighted by molar-refractivity contribution is -0.136. The summed E-state index contributed by atoms with van der Waals surface area (Å²) in [6.07, 6.45) is -0.363. The molecule has 0 aliphatic heterocycles. The molecular weight excluding hydrogens is 220 g/mol. The van der Waals surface area contributed by atoms with Crippen molar-refractivity contribution < 1.29 is 9.90 Å². The highest BCUT2D eigenvalue weighted by Gasteiger charge is 2.09. The fourth-order valence-corrected chi connectivity index (χ4v) is 1.65. The Morgan fingerprint density at radius 2 is 2.00 bits per heavy atom. The van der Waals surface area contributed by atoms with Crippen LogP contribution in [-0.2, 0) is 11.2 Å². The van der Waals surface area contributed by atoms with E-state index >= 15 is 0 Å². The number of hydrogen-bond acceptors (Lipinski definition) is 3. The molecule has 0 amide bonds. The van der Waals surface area contributed by atoms with Crippen molar-refractivity contribution in [1.82, 2.24) is 9.97 Å². The molecule has 0 radical (unpaired) electrons. The summed E-state index contributed by atoms with van der Waals surface area (Å²) in [5.74, 6) is -1.06. The van der Waals surface area contributed by atoms with Crippen molar-refractivity contribution in [1.29, 1.82) is 0 Å². The monoisotopic (exact) mass is 232 g/mol. The summed E-state index contributed by atoms with van der Waals surface area (Å²) in [5, 5.41) is 8.67. The number of fused-ring (bicyclic) bond motifs is 1. The van der Waals surface area contributed by atoms with E-state index in [9.17, 15) is 9.59 Å². The second-order valence-electron chi connectivity index (χ2n) is 4.04. The molecule has 17 heavy (non-hydrogen) atoms. The number of aromatic amines is 1. The van der Waals surface area contributed by atoms with E-state index in [4.69, 9.17) is 5.11 Å². The number of H-pyrrole nitrogens is 1. The van der Waals surface area contributed by atoms with Crippen LogP contribution in [0.25, 0.3) is 11.0 Å². The first-order valence-corrected chi connectivity index (χ1v) is 5.19. The summed E-state index contributed by atoms with van der Waals surface area (Å²) >= 11 is 0. The number of carboxylic acid groups (broad SMARTS) is 1. The number of nitrogens with one attached hydrogen (secondary N) is 1. The molecule has 2 rings (SSSR count). The number of aryl methyl sites for hydroxylation is 2. The van der Waals surface area contributed by atoms with E-state index in [0.717, 1.165) is 11.1 Å². The molecule has 5 heteroatoms. The number of rotatable bonds is 2. The molecule has 2 aromatic rings. The number of hydrogen-bond donors (Lipinski definition) is 2. The van der Waals surface area contributed by atoms with Crippen molar-refractivity contribution in [3.8, 4) is 0 Å². The van der Waals surface area contributed by atoms with Gasteiger partial charge in [0.25, 0.3) is 5.56 Å². The van der Waals surface area contributed by atoms with Crippen molar-refractivity contribution in [2.75, 3.05) is 0 Å². The molecular formula is C12H12N2O3. The molecule has 5 nitrogen and oxygen atoms in total. The van der Waals surface area contributed by atoms with Gasteiger partial charge in [0.15, 0.2) is 0 Å². The Morgan fingerprint density at radius 1 is 1.35 bits per heavy atom. The van der Waals surface area contributed by atoms with Crippen LogP contribution in [0.5, 0.6) is 0 Å². The smallest absolute Gasteiger partial charge is 0.309 e. The molecule has 1 aromatic heterocycles. The van der Waals surface area contributed by atoms with Crippen LogP contribution in [0, 0.1) is 13.8 Å². The van der Waals surface area contributed by atoms with Crippen molar-refractivity contribution in [3.63, 3.8) is 0 Å². The molecule has 2 N–H and O–H groups in total. The lowest BCUT2D eigenvalue weighted by atomic mass is 10.1. The van der Waals surface area contributed by atoms with Gasteiger partial charge in [0.05, 0.1) is 17.5 Å². The minimum atomic E-state index is -1.06. The summed E-state index contributed by atoms with van der Waals surface area (Å²) < 4.78 is 0. The van der Waals surface area contributed by atoms with Gasteiger partial charge in [-0.05, 0) is 37.1 Å². The number of carboxylic acids is 1. The van der Waals surface area contributed by atoms with Gasteiger partial charge in [-0.2, -0.15) is 0 Å². The quantitative estimate of drug-likeness (QED) is 0.814. The summed E-state index contributed by atoms with van der Waals surface area (Å²) in [5.41, 5.74) is 2.95. The second kappa shape index (κ2) is 4.01. The van der Waals surface area contributed by atoms with Gasteiger partial charge in [-0.25, -0.2) is 4.98 Å². The van der Waals surface area contributed by atoms with Crippen LogP contribution in [0.15, 0.2) is 16.9 Å². The number of benzene rings is 1. The van der Waals surface area contributed by atoms with Crippen molar-refractivity contribution in [2.24, 2.45) is 0 Å². The number of aliphatic carboxylic acids is 1. The molecule has 0 saturated heterocycles. The van der Waals surface area contributed by atoms with Crippen molar-refractivity contribution in [2.45, 2.75) is 20.3 Å². The van der Waals surface area contributed by atoms with Crippen LogP contribution < -0.4 is 5.56 Å². The van der Waals surface area contributed by atoms with Crippen LogP contribution >= 0.6 is 0 Å². The molecule has 0 aliphatic rings. The first kappa shape index (κ1) is 11.3. The fraction of sp³-hybridized carbons (Fsp3) is 0.250. The van der Waals surface area contributed by atoms with Gasteiger partial charge in [0, 0.05) is 0 Å². The zero-order chi connectivity index (χ0) is 12.6. The van der Waals surface area contributed by atoms with Gasteiger partial charge >= 0.3 is 5.97 Å². The third-order valence-corrected chi connectivity index (χ3v) is 2.70. The van der Waals surface area contributed by atoms with E-state index < -0.39 is 11.5 Å². The van der Waals surface area contributed by atoms with Crippen LogP contribution in [0.3, 0.4) is 0 Å². The van der Waals surface area contributed by atoms with E-state index in [1.165, 1.54) is 0 Å². The highest BCUT2D eigenvalue weighted by atomic mass is 16.4. The highest BCUT2D eigenvalue weighted by Crippen LogP contribution is 2.14. The zero-order valence-electron chi connectivity index (χ0n) is 9.57. The summed E-state index contributed by atoms with van der Waals surface area (Å²) in [6, 6.07) is 3.68. The van der Waals surface area contributed by atoms with Crippen LogP contribution in [0.2, 0.25) is 0 Å². The third-order valence-electron chi connectivity index (χ3n) is 2.70. The maximum Gasteiger partial charge on any atom is 0.309 e. The second-order valence-corrected chi connectivity index (χ2v) is 4.04. The third kappa shape index (κ3) is 2.18. The van der Waals surface area contributed by atoms with Gasteiger partial charge in [0.2, 0.25) is 0 Å². The summed E-state index contributed by atoms with van der Waals surface area (Å²) in [4.78, 5) is 28.9. The van der Waals surface area contributed by atoms with Gasteiger partial charge in [0.1, 0.15) is 5.69 Å².